The summed E-state index contributed by atoms with van der Waals surface area (Å²) in [6.45, 7) is -1.72. The summed E-state index contributed by atoms with van der Waals surface area (Å²) in [6, 6.07) is -3.17. The molecule has 0 radical (unpaired) electrons. The lowest BCUT2D eigenvalue weighted by molar-refractivity contribution is -0.141. The van der Waals surface area contributed by atoms with Gasteiger partial charge in [-0.1, -0.05) is 0 Å². The van der Waals surface area contributed by atoms with Crippen molar-refractivity contribution in [1.29, 1.82) is 0 Å². The van der Waals surface area contributed by atoms with Crippen LogP contribution in [-0.4, -0.2) is 93.5 Å². The number of hydrogen-bond donors (Lipinski definition) is 8. The van der Waals surface area contributed by atoms with E-state index in [1.54, 1.807) is 0 Å². The van der Waals surface area contributed by atoms with Gasteiger partial charge in [0.25, 0.3) is 11.8 Å². The molecule has 1 rings (SSSR count). The van der Waals surface area contributed by atoms with Gasteiger partial charge in [0.1, 0.15) is 0 Å². The lowest BCUT2D eigenvalue weighted by atomic mass is 10.2. The van der Waals surface area contributed by atoms with Crippen molar-refractivity contribution in [3.05, 3.63) is 11.4 Å². The minimum atomic E-state index is -1.58. The van der Waals surface area contributed by atoms with Crippen molar-refractivity contribution in [2.45, 2.75) is 12.1 Å². The van der Waals surface area contributed by atoms with Crippen LogP contribution in [-0.2, 0) is 9.59 Å². The van der Waals surface area contributed by atoms with Gasteiger partial charge in [-0.3, -0.25) is 9.59 Å². The number of aromatic nitrogens is 2. The molecule has 14 heteroatoms. The average molecular weight is 400 g/mol. The van der Waals surface area contributed by atoms with E-state index in [-0.39, 0.29) is 23.0 Å². The first-order valence-electron chi connectivity index (χ1n) is 7.76. The number of rotatable bonds is 10. The zero-order valence-corrected chi connectivity index (χ0v) is 14.9. The van der Waals surface area contributed by atoms with E-state index in [4.69, 9.17) is 20.4 Å². The summed E-state index contributed by atoms with van der Waals surface area (Å²) in [5.74, 6) is -5.33. The van der Waals surface area contributed by atoms with E-state index >= 15 is 0 Å². The topological polar surface area (TPSA) is 223 Å². The van der Waals surface area contributed by atoms with E-state index in [1.165, 1.54) is 14.1 Å². The molecular weight excluding hydrogens is 380 g/mol. The summed E-state index contributed by atoms with van der Waals surface area (Å²) in [5, 5.41) is 44.9. The molecule has 0 aromatic carbocycles. The fraction of sp³-hybridized carbons (Fsp3) is 0.429. The van der Waals surface area contributed by atoms with Crippen LogP contribution in [0.3, 0.4) is 0 Å². The molecule has 1 aromatic rings. The molecule has 14 nitrogen and oxygen atoms in total. The third-order valence-electron chi connectivity index (χ3n) is 3.37. The highest BCUT2D eigenvalue weighted by Crippen LogP contribution is 2.18. The average Bonchev–Trinajstić information content (AvgIpc) is 2.67. The highest BCUT2D eigenvalue weighted by Gasteiger charge is 2.27. The number of hydrogen-bond acceptors (Lipinski definition) is 10. The molecule has 28 heavy (non-hydrogen) atoms. The number of carbonyl (C=O) groups is 4. The number of nitrogens with zero attached hydrogens (tertiary/aromatic N) is 2. The van der Waals surface area contributed by atoms with E-state index in [9.17, 15) is 19.2 Å². The van der Waals surface area contributed by atoms with Crippen LogP contribution in [0.5, 0.6) is 0 Å². The fourth-order valence-electron chi connectivity index (χ4n) is 1.92. The molecule has 1 heterocycles. The molecule has 0 fully saturated rings. The normalized spacial score (nSPS) is 12.4. The van der Waals surface area contributed by atoms with Crippen LogP contribution in [0.25, 0.3) is 0 Å². The van der Waals surface area contributed by atoms with Gasteiger partial charge in [0.05, 0.1) is 13.2 Å². The fourth-order valence-corrected chi connectivity index (χ4v) is 1.92. The van der Waals surface area contributed by atoms with Crippen LogP contribution in [0, 0.1) is 0 Å². The van der Waals surface area contributed by atoms with E-state index in [0.29, 0.717) is 0 Å². The summed E-state index contributed by atoms with van der Waals surface area (Å²) in [6.07, 6.45) is 0. The highest BCUT2D eigenvalue weighted by molar-refractivity contribution is 6.03. The number of aliphatic hydroxyl groups is 2. The van der Waals surface area contributed by atoms with Crippen LogP contribution in [0.1, 0.15) is 21.0 Å². The second kappa shape index (κ2) is 9.98. The summed E-state index contributed by atoms with van der Waals surface area (Å²) in [5.41, 5.74) is -0.750. The molecule has 2 amide bonds. The summed E-state index contributed by atoms with van der Waals surface area (Å²) in [7, 11) is 2.71. The number of amides is 2. The monoisotopic (exact) mass is 400 g/mol. The van der Waals surface area contributed by atoms with Gasteiger partial charge >= 0.3 is 11.9 Å². The van der Waals surface area contributed by atoms with Crippen molar-refractivity contribution >= 4 is 35.4 Å². The first kappa shape index (κ1) is 22.5. The minimum Gasteiger partial charge on any atom is -0.480 e. The van der Waals surface area contributed by atoms with Crippen LogP contribution >= 0.6 is 0 Å². The van der Waals surface area contributed by atoms with Crippen LogP contribution < -0.4 is 21.3 Å². The summed E-state index contributed by atoms with van der Waals surface area (Å²) in [4.78, 5) is 54.3. The van der Waals surface area contributed by atoms with Crippen molar-refractivity contribution in [2.24, 2.45) is 0 Å². The molecule has 0 aliphatic rings. The Hall–Kier alpha value is -3.52. The van der Waals surface area contributed by atoms with Crippen molar-refractivity contribution in [2.75, 3.05) is 37.9 Å². The van der Waals surface area contributed by atoms with Crippen molar-refractivity contribution in [1.82, 2.24) is 20.6 Å². The van der Waals surface area contributed by atoms with E-state index < -0.39 is 49.1 Å². The highest BCUT2D eigenvalue weighted by atomic mass is 16.4. The van der Waals surface area contributed by atoms with Gasteiger partial charge in [-0.25, -0.2) is 19.6 Å². The van der Waals surface area contributed by atoms with E-state index in [1.807, 2.05) is 10.6 Å². The third-order valence-corrected chi connectivity index (χ3v) is 3.37. The number of aliphatic carboxylic acids is 2. The lowest BCUT2D eigenvalue weighted by Gasteiger charge is -2.17. The van der Waals surface area contributed by atoms with E-state index in [0.717, 1.165) is 0 Å². The van der Waals surface area contributed by atoms with Crippen molar-refractivity contribution in [3.8, 4) is 0 Å². The predicted molar refractivity (Wildman–Crippen MR) is 93.1 cm³/mol. The molecule has 2 unspecified atom stereocenters. The Labute approximate surface area is 158 Å². The van der Waals surface area contributed by atoms with Gasteiger partial charge in [-0.2, -0.15) is 0 Å². The zero-order chi connectivity index (χ0) is 21.4. The maximum Gasteiger partial charge on any atom is 0.328 e. The van der Waals surface area contributed by atoms with Crippen LogP contribution in [0.4, 0.5) is 11.6 Å². The summed E-state index contributed by atoms with van der Waals surface area (Å²) >= 11 is 0. The minimum absolute atomic E-state index is 0.209. The molecule has 2 atom stereocenters. The Bertz CT molecular complexity index is 707. The lowest BCUT2D eigenvalue weighted by Crippen LogP contribution is -2.44. The molecule has 0 bridgehead atoms. The van der Waals surface area contributed by atoms with Gasteiger partial charge in [0.2, 0.25) is 0 Å². The Balaban J connectivity index is 3.28. The molecule has 0 aliphatic carbocycles. The maximum absolute atomic E-state index is 12.3. The van der Waals surface area contributed by atoms with Gasteiger partial charge in [-0.05, 0) is 0 Å². The quantitative estimate of drug-likeness (QED) is 0.196. The second-order valence-corrected chi connectivity index (χ2v) is 5.21. The first-order valence-corrected chi connectivity index (χ1v) is 7.76. The maximum atomic E-state index is 12.3. The Morgan fingerprint density at radius 1 is 0.786 bits per heavy atom. The van der Waals surface area contributed by atoms with Crippen LogP contribution in [0.2, 0.25) is 0 Å². The molecule has 0 aliphatic heterocycles. The SMILES string of the molecule is CNc1nc(C(=O)NC(CO)C(=O)O)c(NC)nc1C(=O)NC(CO)C(=O)O. The van der Waals surface area contributed by atoms with Gasteiger partial charge in [0, 0.05) is 14.1 Å². The molecular formula is C14H20N6O8. The second-order valence-electron chi connectivity index (χ2n) is 5.21. The van der Waals surface area contributed by atoms with Crippen molar-refractivity contribution < 1.29 is 39.6 Å². The standard InChI is InChI=1S/C14H20N6O8/c1-15-9-7(11(23)17-5(3-21)13(25)26)20-10(16-2)8(19-9)12(24)18-6(4-22)14(27)28/h5-6,21-22H,3-4H2,1-2H3,(H,15,19)(H,16,20)(H,17,23)(H,18,24)(H,25,26)(H,27,28). The molecule has 154 valence electrons. The smallest absolute Gasteiger partial charge is 0.328 e. The summed E-state index contributed by atoms with van der Waals surface area (Å²) < 4.78 is 0. The van der Waals surface area contributed by atoms with Gasteiger partial charge < -0.3 is 41.7 Å². The number of carboxylic acids is 2. The predicted octanol–water partition coefficient (Wildman–Crippen LogP) is -3.09. The third kappa shape index (κ3) is 5.24. The first-order chi connectivity index (χ1) is 13.2. The van der Waals surface area contributed by atoms with Crippen LogP contribution in [0.15, 0.2) is 0 Å². The molecule has 8 N–H and O–H groups in total. The molecule has 0 saturated carbocycles. The number of aliphatic hydroxyl groups excluding tert-OH is 2. The van der Waals surface area contributed by atoms with Gasteiger partial charge in [0.15, 0.2) is 35.1 Å². The zero-order valence-electron chi connectivity index (χ0n) is 14.9. The Kier molecular flexibility index (Phi) is 8.03. The van der Waals surface area contributed by atoms with E-state index in [2.05, 4.69) is 20.6 Å². The number of carbonyl (C=O) groups excluding carboxylic acids is 2. The van der Waals surface area contributed by atoms with Crippen molar-refractivity contribution in [3.63, 3.8) is 0 Å². The molecule has 0 spiro atoms. The number of nitrogens with one attached hydrogen (secondary N) is 4. The number of carboxylic acid groups (broad SMARTS) is 2. The van der Waals surface area contributed by atoms with Gasteiger partial charge in [-0.15, -0.1) is 0 Å². The largest absolute Gasteiger partial charge is 0.480 e. The Morgan fingerprint density at radius 2 is 1.11 bits per heavy atom. The number of anilines is 2. The Morgan fingerprint density at radius 3 is 1.32 bits per heavy atom. The molecule has 0 saturated heterocycles. The molecule has 1 aromatic heterocycles.